The lowest BCUT2D eigenvalue weighted by atomic mass is 10.0. The minimum atomic E-state index is 0.195. The molecule has 0 spiro atoms. The van der Waals surface area contributed by atoms with Crippen molar-refractivity contribution in [3.8, 4) is 0 Å². The van der Waals surface area contributed by atoms with Crippen molar-refractivity contribution in [3.05, 3.63) is 35.4 Å². The molecular formula is C13H20O2. The summed E-state index contributed by atoms with van der Waals surface area (Å²) >= 11 is 0. The summed E-state index contributed by atoms with van der Waals surface area (Å²) < 4.78 is 10.5. The minimum Gasteiger partial charge on any atom is -0.385 e. The Morgan fingerprint density at radius 1 is 1.13 bits per heavy atom. The molecule has 84 valence electrons. The third-order valence-electron chi connectivity index (χ3n) is 2.55. The molecule has 1 atom stereocenters. The number of hydrogen-bond donors (Lipinski definition) is 0. The first kappa shape index (κ1) is 12.2. The largest absolute Gasteiger partial charge is 0.385 e. The third kappa shape index (κ3) is 4.02. The van der Waals surface area contributed by atoms with E-state index in [0.717, 1.165) is 19.4 Å². The predicted octanol–water partition coefficient (Wildman–Crippen LogP) is 3.11. The number of methoxy groups -OCH3 is 2. The highest BCUT2D eigenvalue weighted by molar-refractivity contribution is 5.23. The van der Waals surface area contributed by atoms with Crippen molar-refractivity contribution in [2.45, 2.75) is 25.9 Å². The van der Waals surface area contributed by atoms with Crippen LogP contribution in [0, 0.1) is 6.92 Å². The molecule has 1 aromatic carbocycles. The summed E-state index contributed by atoms with van der Waals surface area (Å²) in [7, 11) is 3.49. The van der Waals surface area contributed by atoms with Gasteiger partial charge in [0.05, 0.1) is 6.10 Å². The predicted molar refractivity (Wildman–Crippen MR) is 62.0 cm³/mol. The van der Waals surface area contributed by atoms with Gasteiger partial charge in [0, 0.05) is 20.8 Å². The first-order valence-electron chi connectivity index (χ1n) is 5.36. The van der Waals surface area contributed by atoms with Gasteiger partial charge in [-0.15, -0.1) is 0 Å². The van der Waals surface area contributed by atoms with Gasteiger partial charge >= 0.3 is 0 Å². The van der Waals surface area contributed by atoms with Crippen LogP contribution in [0.1, 0.15) is 30.1 Å². The molecule has 1 unspecified atom stereocenters. The maximum absolute atomic E-state index is 5.47. The Bertz CT molecular complexity index is 266. The van der Waals surface area contributed by atoms with Gasteiger partial charge in [0.2, 0.25) is 0 Å². The van der Waals surface area contributed by atoms with Crippen molar-refractivity contribution in [1.82, 2.24) is 0 Å². The van der Waals surface area contributed by atoms with E-state index in [2.05, 4.69) is 31.2 Å². The molecule has 0 aromatic heterocycles. The zero-order chi connectivity index (χ0) is 11.1. The first-order chi connectivity index (χ1) is 7.27. The van der Waals surface area contributed by atoms with Gasteiger partial charge in [-0.3, -0.25) is 0 Å². The SMILES string of the molecule is COCCCC(OC)c1ccc(C)cc1. The molecule has 0 N–H and O–H groups in total. The molecule has 0 aliphatic carbocycles. The molecule has 15 heavy (non-hydrogen) atoms. The molecule has 2 heteroatoms. The van der Waals surface area contributed by atoms with Crippen molar-refractivity contribution in [1.29, 1.82) is 0 Å². The van der Waals surface area contributed by atoms with Gasteiger partial charge in [-0.1, -0.05) is 29.8 Å². The zero-order valence-corrected chi connectivity index (χ0v) is 9.82. The Morgan fingerprint density at radius 2 is 1.80 bits per heavy atom. The van der Waals surface area contributed by atoms with Crippen LogP contribution in [-0.4, -0.2) is 20.8 Å². The van der Waals surface area contributed by atoms with E-state index in [-0.39, 0.29) is 6.10 Å². The topological polar surface area (TPSA) is 18.5 Å². The Hall–Kier alpha value is -0.860. The lowest BCUT2D eigenvalue weighted by Crippen LogP contribution is -2.03. The number of aryl methyl sites for hydroxylation is 1. The fourth-order valence-corrected chi connectivity index (χ4v) is 1.61. The lowest BCUT2D eigenvalue weighted by molar-refractivity contribution is 0.0835. The van der Waals surface area contributed by atoms with Crippen molar-refractivity contribution in [3.63, 3.8) is 0 Å². The molecule has 2 nitrogen and oxygen atoms in total. The monoisotopic (exact) mass is 208 g/mol. The summed E-state index contributed by atoms with van der Waals surface area (Å²) in [4.78, 5) is 0. The van der Waals surface area contributed by atoms with Crippen LogP contribution in [0.2, 0.25) is 0 Å². The number of ether oxygens (including phenoxy) is 2. The normalized spacial score (nSPS) is 12.7. The fraction of sp³-hybridized carbons (Fsp3) is 0.538. The molecule has 0 fully saturated rings. The number of rotatable bonds is 6. The van der Waals surface area contributed by atoms with Crippen LogP contribution >= 0.6 is 0 Å². The Morgan fingerprint density at radius 3 is 2.33 bits per heavy atom. The fourth-order valence-electron chi connectivity index (χ4n) is 1.61. The van der Waals surface area contributed by atoms with Gasteiger partial charge < -0.3 is 9.47 Å². The van der Waals surface area contributed by atoms with E-state index in [1.54, 1.807) is 14.2 Å². The van der Waals surface area contributed by atoms with Gasteiger partial charge in [-0.05, 0) is 25.3 Å². The first-order valence-corrected chi connectivity index (χ1v) is 5.36. The quantitative estimate of drug-likeness (QED) is 0.669. The summed E-state index contributed by atoms with van der Waals surface area (Å²) in [5.74, 6) is 0. The molecular weight excluding hydrogens is 188 g/mol. The van der Waals surface area contributed by atoms with E-state index in [1.807, 2.05) is 0 Å². The van der Waals surface area contributed by atoms with Crippen LogP contribution in [-0.2, 0) is 9.47 Å². The molecule has 0 radical (unpaired) electrons. The summed E-state index contributed by atoms with van der Waals surface area (Å²) in [6, 6.07) is 8.52. The zero-order valence-electron chi connectivity index (χ0n) is 9.82. The van der Waals surface area contributed by atoms with Gasteiger partial charge in [0.15, 0.2) is 0 Å². The highest BCUT2D eigenvalue weighted by Gasteiger charge is 2.09. The molecule has 0 aliphatic rings. The summed E-state index contributed by atoms with van der Waals surface area (Å²) in [5.41, 5.74) is 2.53. The van der Waals surface area contributed by atoms with Crippen LogP contribution < -0.4 is 0 Å². The molecule has 0 amide bonds. The summed E-state index contributed by atoms with van der Waals surface area (Å²) in [5, 5.41) is 0. The molecule has 0 bridgehead atoms. The second kappa shape index (κ2) is 6.59. The Labute approximate surface area is 92.2 Å². The minimum absolute atomic E-state index is 0.195. The molecule has 0 saturated carbocycles. The molecule has 1 aromatic rings. The van der Waals surface area contributed by atoms with E-state index in [1.165, 1.54) is 11.1 Å². The van der Waals surface area contributed by atoms with Crippen LogP contribution in [0.5, 0.6) is 0 Å². The highest BCUT2D eigenvalue weighted by atomic mass is 16.5. The standard InChI is InChI=1S/C13H20O2/c1-11-6-8-12(9-7-11)13(15-3)5-4-10-14-2/h6-9,13H,4-5,10H2,1-3H3. The average molecular weight is 208 g/mol. The molecule has 0 heterocycles. The molecule has 0 saturated heterocycles. The van der Waals surface area contributed by atoms with E-state index >= 15 is 0 Å². The van der Waals surface area contributed by atoms with E-state index in [0.29, 0.717) is 0 Å². The van der Waals surface area contributed by atoms with Crippen molar-refractivity contribution in [2.24, 2.45) is 0 Å². The van der Waals surface area contributed by atoms with E-state index < -0.39 is 0 Å². The lowest BCUT2D eigenvalue weighted by Gasteiger charge is -2.15. The number of benzene rings is 1. The molecule has 1 rings (SSSR count). The Kier molecular flexibility index (Phi) is 5.37. The van der Waals surface area contributed by atoms with Crippen molar-refractivity contribution >= 4 is 0 Å². The molecule has 0 aliphatic heterocycles. The third-order valence-corrected chi connectivity index (χ3v) is 2.55. The van der Waals surface area contributed by atoms with Crippen molar-refractivity contribution < 1.29 is 9.47 Å². The number of hydrogen-bond acceptors (Lipinski definition) is 2. The highest BCUT2D eigenvalue weighted by Crippen LogP contribution is 2.22. The summed E-state index contributed by atoms with van der Waals surface area (Å²) in [6.45, 7) is 2.89. The van der Waals surface area contributed by atoms with Crippen LogP contribution in [0.25, 0.3) is 0 Å². The van der Waals surface area contributed by atoms with Crippen LogP contribution in [0.4, 0.5) is 0 Å². The second-order valence-corrected chi connectivity index (χ2v) is 3.77. The van der Waals surface area contributed by atoms with E-state index in [9.17, 15) is 0 Å². The van der Waals surface area contributed by atoms with Crippen molar-refractivity contribution in [2.75, 3.05) is 20.8 Å². The van der Waals surface area contributed by atoms with E-state index in [4.69, 9.17) is 9.47 Å². The second-order valence-electron chi connectivity index (χ2n) is 3.77. The van der Waals surface area contributed by atoms with Gasteiger partial charge in [0.25, 0.3) is 0 Å². The van der Waals surface area contributed by atoms with Gasteiger partial charge in [-0.2, -0.15) is 0 Å². The summed E-state index contributed by atoms with van der Waals surface area (Å²) in [6.07, 6.45) is 2.23. The maximum atomic E-state index is 5.47. The Balaban J connectivity index is 2.53. The van der Waals surface area contributed by atoms with Crippen LogP contribution in [0.3, 0.4) is 0 Å². The smallest absolute Gasteiger partial charge is 0.0822 e. The van der Waals surface area contributed by atoms with Gasteiger partial charge in [-0.25, -0.2) is 0 Å². The van der Waals surface area contributed by atoms with Gasteiger partial charge in [0.1, 0.15) is 0 Å². The van der Waals surface area contributed by atoms with Crippen LogP contribution in [0.15, 0.2) is 24.3 Å². The maximum Gasteiger partial charge on any atom is 0.0822 e. The average Bonchev–Trinajstić information content (AvgIpc) is 2.26.